The van der Waals surface area contributed by atoms with E-state index >= 15 is 0 Å². The number of hydrogen-bond acceptors (Lipinski definition) is 7. The zero-order chi connectivity index (χ0) is 29.1. The van der Waals surface area contributed by atoms with Crippen LogP contribution in [0.25, 0.3) is 0 Å². The number of hydrogen-bond donors (Lipinski definition) is 2. The van der Waals surface area contributed by atoms with Gasteiger partial charge in [-0.2, -0.15) is 9.57 Å². The van der Waals surface area contributed by atoms with Crippen molar-refractivity contribution < 1.29 is 27.8 Å². The molecule has 0 bridgehead atoms. The van der Waals surface area contributed by atoms with Crippen molar-refractivity contribution >= 4 is 16.1 Å². The summed E-state index contributed by atoms with van der Waals surface area (Å²) in [5, 5.41) is 23.2. The van der Waals surface area contributed by atoms with Crippen LogP contribution in [-0.4, -0.2) is 61.9 Å². The minimum Gasteiger partial charge on any atom is -0.497 e. The van der Waals surface area contributed by atoms with E-state index < -0.39 is 33.9 Å². The molecule has 3 atom stereocenters. The quantitative estimate of drug-likeness (QED) is 0.348. The molecule has 0 saturated carbocycles. The number of rotatable bonds is 14. The Kier molecular flexibility index (Phi) is 12.2. The third kappa shape index (κ3) is 10.5. The lowest BCUT2D eigenvalue weighted by Gasteiger charge is -2.32. The molecule has 0 aromatic heterocycles. The first-order chi connectivity index (χ1) is 18.4. The van der Waals surface area contributed by atoms with Crippen LogP contribution in [0.2, 0.25) is 0 Å². The van der Waals surface area contributed by atoms with Crippen molar-refractivity contribution in [3.8, 4) is 11.8 Å². The lowest BCUT2D eigenvalue weighted by molar-refractivity contribution is 0.0398. The number of nitrogens with one attached hydrogen (secondary N) is 1. The van der Waals surface area contributed by atoms with Crippen LogP contribution in [0.1, 0.15) is 52.5 Å². The van der Waals surface area contributed by atoms with Crippen molar-refractivity contribution in [3.63, 3.8) is 0 Å². The minimum atomic E-state index is -4.02. The zero-order valence-corrected chi connectivity index (χ0v) is 24.3. The van der Waals surface area contributed by atoms with E-state index in [-0.39, 0.29) is 30.3 Å². The summed E-state index contributed by atoms with van der Waals surface area (Å²) in [6.07, 6.45) is -0.193. The number of aliphatic hydroxyl groups is 1. The van der Waals surface area contributed by atoms with Gasteiger partial charge in [-0.1, -0.05) is 43.7 Å². The predicted molar refractivity (Wildman–Crippen MR) is 150 cm³/mol. The number of nitriles is 1. The lowest BCUT2D eigenvalue weighted by Crippen LogP contribution is -2.52. The Bertz CT molecular complexity index is 1170. The standard InChI is InChI=1S/C29H41N3O6S/c1-6-22(13-10-18-30)20-32(39(35,36)25-16-14-24(37-5)15-17-25)21-27(33)26(19-23-11-8-7-9-12-23)31-28(34)38-29(2,3)4/h7-9,11-12,14-17,22,26-27,33H,6,10,13,19-21H2,1-5H3,(H,31,34)/t22?,26-,27?/m0/s1. The topological polar surface area (TPSA) is 129 Å². The van der Waals surface area contributed by atoms with Gasteiger partial charge in [0.15, 0.2) is 0 Å². The zero-order valence-electron chi connectivity index (χ0n) is 23.5. The summed E-state index contributed by atoms with van der Waals surface area (Å²) < 4.78 is 39.4. The maximum Gasteiger partial charge on any atom is 0.407 e. The lowest BCUT2D eigenvalue weighted by atomic mass is 9.99. The first-order valence-electron chi connectivity index (χ1n) is 13.1. The maximum atomic E-state index is 13.8. The van der Waals surface area contributed by atoms with Crippen molar-refractivity contribution in [2.45, 2.75) is 76.0 Å². The summed E-state index contributed by atoms with van der Waals surface area (Å²) in [6.45, 7) is 7.03. The van der Waals surface area contributed by atoms with Crippen molar-refractivity contribution in [3.05, 3.63) is 60.2 Å². The van der Waals surface area contributed by atoms with E-state index in [0.717, 1.165) is 5.56 Å². The average molecular weight is 560 g/mol. The third-order valence-corrected chi connectivity index (χ3v) is 8.10. The predicted octanol–water partition coefficient (Wildman–Crippen LogP) is 4.51. The van der Waals surface area contributed by atoms with E-state index in [4.69, 9.17) is 14.7 Å². The molecule has 2 aromatic carbocycles. The van der Waals surface area contributed by atoms with Gasteiger partial charge in [0.25, 0.3) is 0 Å². The van der Waals surface area contributed by atoms with Crippen molar-refractivity contribution in [1.29, 1.82) is 5.26 Å². The molecule has 0 spiro atoms. The SMILES string of the molecule is CCC(CCC#N)CN(CC(O)[C@H](Cc1ccccc1)NC(=O)OC(C)(C)C)S(=O)(=O)c1ccc(OC)cc1. The van der Waals surface area contributed by atoms with E-state index in [1.807, 2.05) is 37.3 Å². The van der Waals surface area contributed by atoms with Gasteiger partial charge in [0, 0.05) is 19.5 Å². The second-order valence-electron chi connectivity index (χ2n) is 10.5. The van der Waals surface area contributed by atoms with Crippen LogP contribution in [0, 0.1) is 17.2 Å². The third-order valence-electron chi connectivity index (χ3n) is 6.26. The van der Waals surface area contributed by atoms with Gasteiger partial charge in [-0.25, -0.2) is 13.2 Å². The highest BCUT2D eigenvalue weighted by atomic mass is 32.2. The van der Waals surface area contributed by atoms with E-state index in [1.54, 1.807) is 32.9 Å². The fourth-order valence-electron chi connectivity index (χ4n) is 4.09. The molecule has 2 aromatic rings. The molecule has 0 aliphatic carbocycles. The molecular weight excluding hydrogens is 518 g/mol. The summed E-state index contributed by atoms with van der Waals surface area (Å²) >= 11 is 0. The Morgan fingerprint density at radius 1 is 1.10 bits per heavy atom. The maximum absolute atomic E-state index is 13.8. The fraction of sp³-hybridized carbons (Fsp3) is 0.517. The monoisotopic (exact) mass is 559 g/mol. The number of benzene rings is 2. The van der Waals surface area contributed by atoms with Crippen LogP contribution in [0.4, 0.5) is 4.79 Å². The molecule has 39 heavy (non-hydrogen) atoms. The number of alkyl carbamates (subject to hydrolysis) is 1. The number of aliphatic hydroxyl groups excluding tert-OH is 1. The van der Waals surface area contributed by atoms with Gasteiger partial charge >= 0.3 is 6.09 Å². The fourth-order valence-corrected chi connectivity index (χ4v) is 5.63. The van der Waals surface area contributed by atoms with Gasteiger partial charge in [0.1, 0.15) is 11.4 Å². The van der Waals surface area contributed by atoms with Gasteiger partial charge in [0.05, 0.1) is 30.2 Å². The molecule has 9 nitrogen and oxygen atoms in total. The van der Waals surface area contributed by atoms with Gasteiger partial charge in [0.2, 0.25) is 10.0 Å². The summed E-state index contributed by atoms with van der Waals surface area (Å²) in [6, 6.07) is 16.7. The summed E-state index contributed by atoms with van der Waals surface area (Å²) in [4.78, 5) is 12.7. The van der Waals surface area contributed by atoms with Crippen LogP contribution >= 0.6 is 0 Å². The molecule has 0 fully saturated rings. The normalized spacial score (nSPS) is 14.2. The van der Waals surface area contributed by atoms with Crippen molar-refractivity contribution in [2.24, 2.45) is 5.92 Å². The van der Waals surface area contributed by atoms with Crippen LogP contribution in [0.3, 0.4) is 0 Å². The number of sulfonamides is 1. The summed E-state index contributed by atoms with van der Waals surface area (Å²) in [5.41, 5.74) is 0.119. The van der Waals surface area contributed by atoms with E-state index in [0.29, 0.717) is 25.0 Å². The molecule has 0 saturated heterocycles. The van der Waals surface area contributed by atoms with Crippen LogP contribution < -0.4 is 10.1 Å². The molecule has 214 valence electrons. The Labute approximate surface area is 232 Å². The number of nitrogens with zero attached hydrogens (tertiary/aromatic N) is 2. The summed E-state index contributed by atoms with van der Waals surface area (Å²) in [5.74, 6) is 0.432. The van der Waals surface area contributed by atoms with Crippen molar-refractivity contribution in [2.75, 3.05) is 20.2 Å². The molecule has 10 heteroatoms. The molecule has 2 unspecified atom stereocenters. The highest BCUT2D eigenvalue weighted by molar-refractivity contribution is 7.89. The molecule has 0 aliphatic rings. The minimum absolute atomic E-state index is 0.0605. The molecule has 0 heterocycles. The Morgan fingerprint density at radius 2 is 1.74 bits per heavy atom. The Hall–Kier alpha value is -3.13. The highest BCUT2D eigenvalue weighted by Crippen LogP contribution is 2.24. The Balaban J connectivity index is 2.39. The number of ether oxygens (including phenoxy) is 2. The van der Waals surface area contributed by atoms with Gasteiger partial charge in [-0.3, -0.25) is 0 Å². The first-order valence-corrected chi connectivity index (χ1v) is 14.6. The van der Waals surface area contributed by atoms with E-state index in [1.165, 1.54) is 23.5 Å². The first kappa shape index (κ1) is 32.1. The van der Waals surface area contributed by atoms with Gasteiger partial charge in [-0.05, 0) is 69.4 Å². The highest BCUT2D eigenvalue weighted by Gasteiger charge is 2.33. The number of methoxy groups -OCH3 is 1. The molecule has 0 radical (unpaired) electrons. The van der Waals surface area contributed by atoms with Crippen molar-refractivity contribution in [1.82, 2.24) is 9.62 Å². The second-order valence-corrected chi connectivity index (χ2v) is 12.4. The number of carbonyl (C=O) groups excluding carboxylic acids is 1. The molecule has 0 aliphatic heterocycles. The summed E-state index contributed by atoms with van der Waals surface area (Å²) in [7, 11) is -2.53. The van der Waals surface area contributed by atoms with Gasteiger partial charge < -0.3 is 19.9 Å². The molecule has 2 N–H and O–H groups in total. The van der Waals surface area contributed by atoms with E-state index in [9.17, 15) is 18.3 Å². The molecule has 1 amide bonds. The number of carbonyl (C=O) groups is 1. The number of amides is 1. The van der Waals surface area contributed by atoms with Crippen LogP contribution in [0.15, 0.2) is 59.5 Å². The van der Waals surface area contributed by atoms with Crippen LogP contribution in [0.5, 0.6) is 5.75 Å². The average Bonchev–Trinajstić information content (AvgIpc) is 2.89. The van der Waals surface area contributed by atoms with E-state index in [2.05, 4.69) is 11.4 Å². The smallest absolute Gasteiger partial charge is 0.407 e. The van der Waals surface area contributed by atoms with Crippen LogP contribution in [-0.2, 0) is 21.2 Å². The van der Waals surface area contributed by atoms with Gasteiger partial charge in [-0.15, -0.1) is 0 Å². The second kappa shape index (κ2) is 14.9. The Morgan fingerprint density at radius 3 is 2.28 bits per heavy atom. The molecule has 2 rings (SSSR count). The largest absolute Gasteiger partial charge is 0.497 e. The molecular formula is C29H41N3O6S.